The largest absolute Gasteiger partial charge is 0.494 e. The molecule has 7 heteroatoms. The summed E-state index contributed by atoms with van der Waals surface area (Å²) in [5.74, 6) is 0.620. The van der Waals surface area contributed by atoms with Gasteiger partial charge in [0.25, 0.3) is 5.56 Å². The van der Waals surface area contributed by atoms with Crippen molar-refractivity contribution in [1.29, 1.82) is 0 Å². The Morgan fingerprint density at radius 1 is 1.07 bits per heavy atom. The van der Waals surface area contributed by atoms with Gasteiger partial charge >= 0.3 is 0 Å². The molecule has 0 spiro atoms. The summed E-state index contributed by atoms with van der Waals surface area (Å²) < 4.78 is 32.6. The van der Waals surface area contributed by atoms with Crippen LogP contribution in [0.3, 0.4) is 0 Å². The SMILES string of the molecule is CCOc1ccc(S(=O)(=O)NCCc2cc3ccc(C)cc3[nH]c2=O)cc1. The van der Waals surface area contributed by atoms with E-state index in [2.05, 4.69) is 9.71 Å². The number of hydrogen-bond acceptors (Lipinski definition) is 4. The molecule has 1 aromatic heterocycles. The summed E-state index contributed by atoms with van der Waals surface area (Å²) in [4.78, 5) is 15.2. The van der Waals surface area contributed by atoms with Crippen LogP contribution in [0.1, 0.15) is 18.1 Å². The fraction of sp³-hybridized carbons (Fsp3) is 0.250. The second-order valence-corrected chi connectivity index (χ2v) is 8.03. The van der Waals surface area contributed by atoms with Crippen molar-refractivity contribution in [3.8, 4) is 5.75 Å². The molecule has 2 N–H and O–H groups in total. The highest BCUT2D eigenvalue weighted by atomic mass is 32.2. The topological polar surface area (TPSA) is 88.3 Å². The van der Waals surface area contributed by atoms with E-state index in [1.54, 1.807) is 18.2 Å². The number of aromatic amines is 1. The molecule has 0 saturated carbocycles. The quantitative estimate of drug-likeness (QED) is 0.654. The minimum atomic E-state index is -3.64. The van der Waals surface area contributed by atoms with Crippen LogP contribution in [0.15, 0.2) is 58.2 Å². The molecule has 3 rings (SSSR count). The summed E-state index contributed by atoms with van der Waals surface area (Å²) in [6.07, 6.45) is 0.301. The molecule has 27 heavy (non-hydrogen) atoms. The molecule has 0 radical (unpaired) electrons. The van der Waals surface area contributed by atoms with Crippen molar-refractivity contribution in [1.82, 2.24) is 9.71 Å². The lowest BCUT2D eigenvalue weighted by Gasteiger charge is -2.08. The first-order valence-corrected chi connectivity index (χ1v) is 10.2. The van der Waals surface area contributed by atoms with Gasteiger partial charge in [-0.2, -0.15) is 0 Å². The van der Waals surface area contributed by atoms with Crippen molar-refractivity contribution in [3.05, 3.63) is 70.0 Å². The molecule has 2 aromatic carbocycles. The molecular weight excluding hydrogens is 364 g/mol. The van der Waals surface area contributed by atoms with Crippen LogP contribution < -0.4 is 15.0 Å². The van der Waals surface area contributed by atoms with Crippen molar-refractivity contribution in [2.24, 2.45) is 0 Å². The number of benzene rings is 2. The van der Waals surface area contributed by atoms with Crippen molar-refractivity contribution in [3.63, 3.8) is 0 Å². The van der Waals surface area contributed by atoms with E-state index in [0.29, 0.717) is 24.3 Å². The summed E-state index contributed by atoms with van der Waals surface area (Å²) in [7, 11) is -3.64. The first kappa shape index (κ1) is 19.1. The van der Waals surface area contributed by atoms with Gasteiger partial charge in [-0.05, 0) is 67.6 Å². The first-order chi connectivity index (χ1) is 12.9. The minimum Gasteiger partial charge on any atom is -0.494 e. The van der Waals surface area contributed by atoms with Gasteiger partial charge in [-0.1, -0.05) is 12.1 Å². The standard InChI is InChI=1S/C20H22N2O4S/c1-3-26-17-6-8-18(9-7-17)27(24,25)21-11-10-16-13-15-5-4-14(2)12-19(15)22-20(16)23/h4-9,12-13,21H,3,10-11H2,1-2H3,(H,22,23). The fourth-order valence-corrected chi connectivity index (χ4v) is 3.86. The van der Waals surface area contributed by atoms with Gasteiger partial charge in [0.1, 0.15) is 5.75 Å². The van der Waals surface area contributed by atoms with Crippen LogP contribution >= 0.6 is 0 Å². The number of aryl methyl sites for hydroxylation is 1. The Bertz CT molecular complexity index is 1100. The van der Waals surface area contributed by atoms with Gasteiger partial charge in [-0.25, -0.2) is 13.1 Å². The molecule has 0 saturated heterocycles. The van der Waals surface area contributed by atoms with Crippen molar-refractivity contribution in [2.75, 3.05) is 13.2 Å². The van der Waals surface area contributed by atoms with Gasteiger partial charge in [-0.3, -0.25) is 4.79 Å². The Morgan fingerprint density at radius 2 is 1.81 bits per heavy atom. The molecule has 0 amide bonds. The minimum absolute atomic E-state index is 0.135. The number of fused-ring (bicyclic) bond motifs is 1. The third-order valence-electron chi connectivity index (χ3n) is 4.21. The predicted molar refractivity (Wildman–Crippen MR) is 106 cm³/mol. The van der Waals surface area contributed by atoms with Crippen molar-refractivity contribution in [2.45, 2.75) is 25.2 Å². The molecule has 0 bridgehead atoms. The molecule has 1 heterocycles. The molecule has 6 nitrogen and oxygen atoms in total. The first-order valence-electron chi connectivity index (χ1n) is 8.74. The van der Waals surface area contributed by atoms with Crippen molar-refractivity contribution >= 4 is 20.9 Å². The van der Waals surface area contributed by atoms with E-state index in [1.165, 1.54) is 12.1 Å². The molecule has 0 fully saturated rings. The second-order valence-electron chi connectivity index (χ2n) is 6.27. The van der Waals surface area contributed by atoms with Crippen LogP contribution in [-0.2, 0) is 16.4 Å². The second kappa shape index (κ2) is 7.94. The number of aromatic nitrogens is 1. The Labute approximate surface area is 158 Å². The molecule has 0 aliphatic heterocycles. The maximum Gasteiger partial charge on any atom is 0.251 e. The summed E-state index contributed by atoms with van der Waals surface area (Å²) >= 11 is 0. The fourth-order valence-electron chi connectivity index (χ4n) is 2.83. The van der Waals surface area contributed by atoms with E-state index >= 15 is 0 Å². The molecular formula is C20H22N2O4S. The maximum atomic E-state index is 12.4. The number of nitrogens with one attached hydrogen (secondary N) is 2. The Balaban J connectivity index is 1.69. The molecule has 0 atom stereocenters. The van der Waals surface area contributed by atoms with Gasteiger partial charge in [-0.15, -0.1) is 0 Å². The summed E-state index contributed by atoms with van der Waals surface area (Å²) in [5.41, 5.74) is 2.18. The molecule has 3 aromatic rings. The van der Waals surface area contributed by atoms with Crippen LogP contribution in [0.25, 0.3) is 10.9 Å². The van der Waals surface area contributed by atoms with Crippen molar-refractivity contribution < 1.29 is 13.2 Å². The number of sulfonamides is 1. The summed E-state index contributed by atoms with van der Waals surface area (Å²) in [5, 5.41) is 0.921. The highest BCUT2D eigenvalue weighted by Crippen LogP contribution is 2.16. The van der Waals surface area contributed by atoms with Crippen LogP contribution in [0.4, 0.5) is 0 Å². The van der Waals surface area contributed by atoms with Gasteiger partial charge in [0, 0.05) is 17.6 Å². The normalized spacial score (nSPS) is 11.6. The van der Waals surface area contributed by atoms with Crippen LogP contribution in [0.2, 0.25) is 0 Å². The third-order valence-corrected chi connectivity index (χ3v) is 5.69. The van der Waals surface area contributed by atoms with Gasteiger partial charge in [0.15, 0.2) is 0 Å². The highest BCUT2D eigenvalue weighted by molar-refractivity contribution is 7.89. The highest BCUT2D eigenvalue weighted by Gasteiger charge is 2.14. The average Bonchev–Trinajstić information content (AvgIpc) is 2.63. The Hall–Kier alpha value is -2.64. The predicted octanol–water partition coefficient (Wildman–Crippen LogP) is 2.76. The number of hydrogen-bond donors (Lipinski definition) is 2. The number of rotatable bonds is 7. The third kappa shape index (κ3) is 4.56. The zero-order valence-corrected chi connectivity index (χ0v) is 16.1. The smallest absolute Gasteiger partial charge is 0.251 e. The zero-order chi connectivity index (χ0) is 19.4. The van der Waals surface area contributed by atoms with E-state index < -0.39 is 10.0 Å². The number of ether oxygens (including phenoxy) is 1. The van der Waals surface area contributed by atoms with Gasteiger partial charge in [0.05, 0.1) is 11.5 Å². The molecule has 0 aliphatic carbocycles. The van der Waals surface area contributed by atoms with E-state index in [4.69, 9.17) is 4.74 Å². The van der Waals surface area contributed by atoms with Gasteiger partial charge < -0.3 is 9.72 Å². The van der Waals surface area contributed by atoms with E-state index in [1.807, 2.05) is 32.0 Å². The average molecular weight is 386 g/mol. The maximum absolute atomic E-state index is 12.4. The molecule has 0 aliphatic rings. The van der Waals surface area contributed by atoms with E-state index in [-0.39, 0.29) is 17.0 Å². The van der Waals surface area contributed by atoms with E-state index in [0.717, 1.165) is 16.5 Å². The van der Waals surface area contributed by atoms with Gasteiger partial charge in [0.2, 0.25) is 10.0 Å². The lowest BCUT2D eigenvalue weighted by atomic mass is 10.1. The number of pyridine rings is 1. The monoisotopic (exact) mass is 386 g/mol. The zero-order valence-electron chi connectivity index (χ0n) is 15.3. The van der Waals surface area contributed by atoms with Crippen LogP contribution in [0, 0.1) is 6.92 Å². The summed E-state index contributed by atoms with van der Waals surface area (Å²) in [6.45, 7) is 4.48. The Morgan fingerprint density at radius 3 is 2.52 bits per heavy atom. The molecule has 142 valence electrons. The summed E-state index contributed by atoms with van der Waals surface area (Å²) in [6, 6.07) is 13.9. The van der Waals surface area contributed by atoms with Crippen LogP contribution in [-0.4, -0.2) is 26.6 Å². The lowest BCUT2D eigenvalue weighted by molar-refractivity contribution is 0.340. The van der Waals surface area contributed by atoms with E-state index in [9.17, 15) is 13.2 Å². The lowest BCUT2D eigenvalue weighted by Crippen LogP contribution is -2.27. The van der Waals surface area contributed by atoms with Crippen LogP contribution in [0.5, 0.6) is 5.75 Å². The molecule has 0 unspecified atom stereocenters. The number of H-pyrrole nitrogens is 1. The Kier molecular flexibility index (Phi) is 5.62.